The molecule has 0 spiro atoms. The third kappa shape index (κ3) is 6.68. The van der Waals surface area contributed by atoms with Crippen LogP contribution in [0, 0.1) is 6.92 Å². The first-order chi connectivity index (χ1) is 19.0. The highest BCUT2D eigenvalue weighted by Crippen LogP contribution is 2.37. The molecule has 0 saturated carbocycles. The Bertz CT molecular complexity index is 1700. The molecule has 4 aromatic rings. The molecule has 0 atom stereocenters. The molecule has 0 saturated heterocycles. The first-order valence-electron chi connectivity index (χ1n) is 12.2. The van der Waals surface area contributed by atoms with Crippen LogP contribution in [0.1, 0.15) is 32.0 Å². The van der Waals surface area contributed by atoms with Crippen LogP contribution in [0.5, 0.6) is 5.75 Å². The fourth-order valence-corrected chi connectivity index (χ4v) is 4.81. The summed E-state index contributed by atoms with van der Waals surface area (Å²) >= 11 is 7.74. The van der Waals surface area contributed by atoms with Crippen LogP contribution in [0.3, 0.4) is 0 Å². The Morgan fingerprint density at radius 3 is 2.67 bits per heavy atom. The van der Waals surface area contributed by atoms with E-state index in [1.807, 2.05) is 51.1 Å². The first-order valence-corrected chi connectivity index (χ1v) is 13.5. The third-order valence-corrected chi connectivity index (χ3v) is 7.21. The van der Waals surface area contributed by atoms with E-state index in [2.05, 4.69) is 9.98 Å². The number of aromatic nitrogens is 3. The number of rotatable bonds is 8. The van der Waals surface area contributed by atoms with Gasteiger partial charge in [-0.25, -0.2) is 9.97 Å². The van der Waals surface area contributed by atoms with Crippen LogP contribution in [0.15, 0.2) is 80.8 Å². The molecule has 4 rings (SSSR count). The number of fused-ring (bicyclic) bond motifs is 1. The van der Waals surface area contributed by atoms with Crippen molar-refractivity contribution in [1.82, 2.24) is 14.5 Å². The van der Waals surface area contributed by atoms with Crippen molar-refractivity contribution in [3.63, 3.8) is 0 Å². The van der Waals surface area contributed by atoms with Crippen molar-refractivity contribution < 1.29 is 17.9 Å². The highest BCUT2D eigenvalue weighted by Gasteiger charge is 2.34. The molecule has 3 heterocycles. The number of ether oxygens (including phenoxy) is 1. The van der Waals surface area contributed by atoms with E-state index < -0.39 is 17.3 Å². The number of aliphatic imine (C=N–C) groups is 1. The number of allylic oxidation sites excluding steroid dienone is 3. The van der Waals surface area contributed by atoms with E-state index in [9.17, 15) is 18.0 Å². The van der Waals surface area contributed by atoms with E-state index in [1.54, 1.807) is 12.4 Å². The number of pyridine rings is 2. The van der Waals surface area contributed by atoms with Gasteiger partial charge in [-0.2, -0.15) is 13.2 Å². The van der Waals surface area contributed by atoms with Crippen molar-refractivity contribution in [2.45, 2.75) is 40.4 Å². The van der Waals surface area contributed by atoms with Gasteiger partial charge in [0.2, 0.25) is 0 Å². The molecule has 1 aromatic carbocycles. The molecule has 0 bridgehead atoms. The van der Waals surface area contributed by atoms with Gasteiger partial charge in [0, 0.05) is 34.8 Å². The van der Waals surface area contributed by atoms with Crippen molar-refractivity contribution in [3.8, 4) is 17.0 Å². The molecule has 0 fully saturated rings. The first kappa shape index (κ1) is 29.2. The number of hydrogen-bond acceptors (Lipinski definition) is 6. The highest BCUT2D eigenvalue weighted by atomic mass is 35.5. The molecule has 0 aliphatic carbocycles. The van der Waals surface area contributed by atoms with Gasteiger partial charge in [-0.05, 0) is 69.2 Å². The Kier molecular flexibility index (Phi) is 8.90. The maximum Gasteiger partial charge on any atom is 0.421 e. The summed E-state index contributed by atoms with van der Waals surface area (Å²) in [4.78, 5) is 25.5. The Morgan fingerprint density at radius 1 is 1.20 bits per heavy atom. The Balaban J connectivity index is 1.49. The van der Waals surface area contributed by atoms with Gasteiger partial charge in [-0.1, -0.05) is 23.7 Å². The number of nitrogens with zero attached hydrogens (tertiary/aromatic N) is 4. The van der Waals surface area contributed by atoms with Gasteiger partial charge in [-0.3, -0.25) is 9.79 Å². The molecular formula is C29H26ClF3N4O2S. The molecule has 0 aliphatic heterocycles. The summed E-state index contributed by atoms with van der Waals surface area (Å²) < 4.78 is 46.7. The lowest BCUT2D eigenvalue weighted by Crippen LogP contribution is -2.28. The molecule has 0 aliphatic rings. The lowest BCUT2D eigenvalue weighted by Gasteiger charge is -2.13. The van der Waals surface area contributed by atoms with Gasteiger partial charge in [-0.15, -0.1) is 11.3 Å². The number of aryl methyl sites for hydroxylation is 1. The van der Waals surface area contributed by atoms with Gasteiger partial charge < -0.3 is 9.30 Å². The molecule has 0 amide bonds. The SMILES string of the molecule is C/C(=C/C(C)=C(\C)COc1cccc2c(-c3ncsc3Cl)cc(C)nc12)N=CCn1cccc(C(F)(F)F)c1=O. The van der Waals surface area contributed by atoms with E-state index in [0.29, 0.717) is 33.6 Å². The Hall–Kier alpha value is -3.76. The standard InChI is InChI=1S/C29H26ClF3N4O2S/c1-17(13-19(3)34-10-12-37-11-6-8-23(28(37)38)29(31,32)33)18(2)15-39-24-9-5-7-21-22(14-20(4)36-25(21)24)26-27(30)40-16-35-26/h5-11,13-14,16H,12,15H2,1-4H3/b18-17+,19-13-,34-10?. The number of halogens is 4. The van der Waals surface area contributed by atoms with Crippen LogP contribution in [0.4, 0.5) is 13.2 Å². The van der Waals surface area contributed by atoms with Gasteiger partial charge in [0.1, 0.15) is 33.5 Å². The molecule has 40 heavy (non-hydrogen) atoms. The summed E-state index contributed by atoms with van der Waals surface area (Å²) in [7, 11) is 0. The molecule has 208 valence electrons. The average molecular weight is 587 g/mol. The van der Waals surface area contributed by atoms with Crippen molar-refractivity contribution >= 4 is 40.1 Å². The summed E-state index contributed by atoms with van der Waals surface area (Å²) in [5, 5.41) is 0.888. The fraction of sp³-hybridized carbons (Fsp3) is 0.241. The summed E-state index contributed by atoms with van der Waals surface area (Å²) in [5.41, 5.74) is 5.04. The van der Waals surface area contributed by atoms with Crippen LogP contribution >= 0.6 is 22.9 Å². The number of hydrogen-bond donors (Lipinski definition) is 0. The predicted molar refractivity (Wildman–Crippen MR) is 154 cm³/mol. The normalized spacial score (nSPS) is 13.2. The molecule has 11 heteroatoms. The molecule has 0 radical (unpaired) electrons. The van der Waals surface area contributed by atoms with Gasteiger partial charge in [0.05, 0.1) is 12.1 Å². The monoisotopic (exact) mass is 586 g/mol. The van der Waals surface area contributed by atoms with Crippen molar-refractivity contribution in [2.24, 2.45) is 4.99 Å². The van der Waals surface area contributed by atoms with Crippen LogP contribution in [0.2, 0.25) is 4.34 Å². The van der Waals surface area contributed by atoms with Gasteiger partial charge in [0.25, 0.3) is 5.56 Å². The minimum Gasteiger partial charge on any atom is -0.487 e. The number of para-hydroxylation sites is 1. The van der Waals surface area contributed by atoms with Crippen molar-refractivity contribution in [1.29, 1.82) is 0 Å². The lowest BCUT2D eigenvalue weighted by molar-refractivity contribution is -0.138. The average Bonchev–Trinajstić information content (AvgIpc) is 3.32. The van der Waals surface area contributed by atoms with Crippen LogP contribution in [-0.2, 0) is 12.7 Å². The van der Waals surface area contributed by atoms with Crippen LogP contribution in [-0.4, -0.2) is 27.4 Å². The van der Waals surface area contributed by atoms with Crippen molar-refractivity contribution in [3.05, 3.63) is 97.0 Å². The summed E-state index contributed by atoms with van der Waals surface area (Å²) in [5.74, 6) is 0.631. The van der Waals surface area contributed by atoms with Gasteiger partial charge in [0.15, 0.2) is 0 Å². The number of thiazole rings is 1. The number of alkyl halides is 3. The Labute approximate surface area is 238 Å². The van der Waals surface area contributed by atoms with E-state index in [1.165, 1.54) is 29.8 Å². The molecule has 6 nitrogen and oxygen atoms in total. The molecular weight excluding hydrogens is 561 g/mol. The third-order valence-electron chi connectivity index (χ3n) is 6.15. The van der Waals surface area contributed by atoms with Crippen LogP contribution in [0.25, 0.3) is 22.2 Å². The van der Waals surface area contributed by atoms with Crippen molar-refractivity contribution in [2.75, 3.05) is 6.61 Å². The Morgan fingerprint density at radius 2 is 1.98 bits per heavy atom. The summed E-state index contributed by atoms with van der Waals surface area (Å²) in [6, 6.07) is 9.65. The van der Waals surface area contributed by atoms with Crippen LogP contribution < -0.4 is 10.3 Å². The van der Waals surface area contributed by atoms with E-state index in [4.69, 9.17) is 21.3 Å². The van der Waals surface area contributed by atoms with E-state index >= 15 is 0 Å². The predicted octanol–water partition coefficient (Wildman–Crippen LogP) is 7.89. The zero-order chi connectivity index (χ0) is 29.0. The van der Waals surface area contributed by atoms with Gasteiger partial charge >= 0.3 is 6.18 Å². The topological polar surface area (TPSA) is 69.4 Å². The van der Waals surface area contributed by atoms with E-state index in [0.717, 1.165) is 38.4 Å². The number of benzene rings is 1. The molecule has 0 N–H and O–H groups in total. The lowest BCUT2D eigenvalue weighted by atomic mass is 10.0. The smallest absolute Gasteiger partial charge is 0.421 e. The zero-order valence-corrected chi connectivity index (χ0v) is 23.8. The molecule has 3 aromatic heterocycles. The second-order valence-electron chi connectivity index (χ2n) is 9.16. The quantitative estimate of drug-likeness (QED) is 0.155. The molecule has 0 unspecified atom stereocenters. The summed E-state index contributed by atoms with van der Waals surface area (Å²) in [6.45, 7) is 7.76. The second kappa shape index (κ2) is 12.2. The maximum atomic E-state index is 13.0. The largest absolute Gasteiger partial charge is 0.487 e. The highest BCUT2D eigenvalue weighted by molar-refractivity contribution is 7.14. The summed E-state index contributed by atoms with van der Waals surface area (Å²) in [6.07, 6.45) is -0.152. The minimum atomic E-state index is -4.70. The zero-order valence-electron chi connectivity index (χ0n) is 22.2. The maximum absolute atomic E-state index is 13.0. The fourth-order valence-electron chi connectivity index (χ4n) is 4.01. The minimum absolute atomic E-state index is 0.0829. The second-order valence-corrected chi connectivity index (χ2v) is 10.6. The van der Waals surface area contributed by atoms with E-state index in [-0.39, 0.29) is 6.54 Å².